The van der Waals surface area contributed by atoms with Crippen molar-refractivity contribution >= 4 is 39.3 Å². The lowest BCUT2D eigenvalue weighted by molar-refractivity contribution is 0.102. The maximum absolute atomic E-state index is 12.3. The normalized spacial score (nSPS) is 10.5. The molecule has 0 fully saturated rings. The van der Waals surface area contributed by atoms with E-state index in [2.05, 4.69) is 26.3 Å². The van der Waals surface area contributed by atoms with Gasteiger partial charge in [0.15, 0.2) is 0 Å². The predicted octanol–water partition coefficient (Wildman–Crippen LogP) is 4.60. The predicted molar refractivity (Wildman–Crippen MR) is 94.9 cm³/mol. The van der Waals surface area contributed by atoms with Crippen LogP contribution in [-0.4, -0.2) is 15.7 Å². The smallest absolute Gasteiger partial charge is 0.256 e. The minimum absolute atomic E-state index is 0.218. The first kappa shape index (κ1) is 15.8. The van der Waals surface area contributed by atoms with E-state index >= 15 is 0 Å². The number of anilines is 1. The quantitative estimate of drug-likeness (QED) is 0.708. The monoisotopic (exact) mass is 389 g/mol. The molecule has 0 aliphatic carbocycles. The van der Waals surface area contributed by atoms with Gasteiger partial charge in [0.1, 0.15) is 5.82 Å². The van der Waals surface area contributed by atoms with Crippen molar-refractivity contribution in [2.24, 2.45) is 0 Å². The van der Waals surface area contributed by atoms with Crippen molar-refractivity contribution in [3.8, 4) is 0 Å². The molecular weight excluding hydrogens is 378 g/mol. The number of nitrogens with one attached hydrogen (secondary N) is 1. The Morgan fingerprint density at radius 1 is 1.17 bits per heavy atom. The van der Waals surface area contributed by atoms with Crippen LogP contribution in [0.1, 0.15) is 15.9 Å². The van der Waals surface area contributed by atoms with E-state index in [9.17, 15) is 4.79 Å². The highest BCUT2D eigenvalue weighted by molar-refractivity contribution is 9.10. The van der Waals surface area contributed by atoms with Gasteiger partial charge < -0.3 is 5.32 Å². The van der Waals surface area contributed by atoms with E-state index in [1.807, 2.05) is 24.3 Å². The van der Waals surface area contributed by atoms with Gasteiger partial charge in [-0.15, -0.1) is 0 Å². The number of aromatic nitrogens is 2. The minimum atomic E-state index is -0.218. The van der Waals surface area contributed by atoms with E-state index in [4.69, 9.17) is 11.6 Å². The standard InChI is InChI=1S/C17H13BrClN3O/c18-14-6-4-12(5-7-14)11-22-16(8-9-20-22)21-17(23)13-2-1-3-15(19)10-13/h1-10H,11H2,(H,21,23). The lowest BCUT2D eigenvalue weighted by Gasteiger charge is -2.09. The second kappa shape index (κ2) is 6.98. The number of carbonyl (C=O) groups excluding carboxylic acids is 1. The Balaban J connectivity index is 1.75. The summed E-state index contributed by atoms with van der Waals surface area (Å²) in [5.74, 6) is 0.419. The summed E-state index contributed by atoms with van der Waals surface area (Å²) in [6, 6.07) is 16.6. The van der Waals surface area contributed by atoms with Crippen LogP contribution in [0.5, 0.6) is 0 Å². The third-order valence-corrected chi connectivity index (χ3v) is 4.05. The van der Waals surface area contributed by atoms with Gasteiger partial charge in [0.25, 0.3) is 5.91 Å². The van der Waals surface area contributed by atoms with Gasteiger partial charge in [-0.3, -0.25) is 4.79 Å². The summed E-state index contributed by atoms with van der Waals surface area (Å²) in [4.78, 5) is 12.3. The maximum atomic E-state index is 12.3. The summed E-state index contributed by atoms with van der Waals surface area (Å²) in [7, 11) is 0. The summed E-state index contributed by atoms with van der Waals surface area (Å²) >= 11 is 9.33. The fraction of sp³-hybridized carbons (Fsp3) is 0.0588. The Morgan fingerprint density at radius 2 is 1.96 bits per heavy atom. The Morgan fingerprint density at radius 3 is 2.70 bits per heavy atom. The molecule has 0 saturated heterocycles. The van der Waals surface area contributed by atoms with Gasteiger partial charge >= 0.3 is 0 Å². The molecule has 0 radical (unpaired) electrons. The van der Waals surface area contributed by atoms with Crippen LogP contribution in [0, 0.1) is 0 Å². The van der Waals surface area contributed by atoms with E-state index < -0.39 is 0 Å². The molecule has 0 bridgehead atoms. The summed E-state index contributed by atoms with van der Waals surface area (Å²) in [6.45, 7) is 0.575. The maximum Gasteiger partial charge on any atom is 0.256 e. The molecule has 0 unspecified atom stereocenters. The van der Waals surface area contributed by atoms with Crippen LogP contribution in [0.3, 0.4) is 0 Å². The van der Waals surface area contributed by atoms with E-state index in [1.165, 1.54) is 0 Å². The first-order valence-electron chi connectivity index (χ1n) is 6.95. The highest BCUT2D eigenvalue weighted by atomic mass is 79.9. The van der Waals surface area contributed by atoms with Crippen LogP contribution in [0.4, 0.5) is 5.82 Å². The fourth-order valence-corrected chi connectivity index (χ4v) is 2.60. The largest absolute Gasteiger partial charge is 0.307 e. The van der Waals surface area contributed by atoms with Gasteiger partial charge in [-0.2, -0.15) is 5.10 Å². The number of rotatable bonds is 4. The first-order valence-corrected chi connectivity index (χ1v) is 8.12. The average molecular weight is 391 g/mol. The molecule has 0 atom stereocenters. The van der Waals surface area contributed by atoms with Gasteiger partial charge in [-0.25, -0.2) is 4.68 Å². The Kier molecular flexibility index (Phi) is 4.79. The summed E-state index contributed by atoms with van der Waals surface area (Å²) in [5, 5.41) is 7.65. The number of hydrogen-bond donors (Lipinski definition) is 1. The van der Waals surface area contributed by atoms with Gasteiger partial charge in [0, 0.05) is 21.1 Å². The Bertz CT molecular complexity index is 830. The average Bonchev–Trinajstić information content (AvgIpc) is 2.96. The third kappa shape index (κ3) is 4.00. The summed E-state index contributed by atoms with van der Waals surface area (Å²) in [5.41, 5.74) is 1.60. The SMILES string of the molecule is O=C(Nc1ccnn1Cc1ccc(Br)cc1)c1cccc(Cl)c1. The molecule has 3 aromatic rings. The second-order valence-corrected chi connectivity index (χ2v) is 6.32. The zero-order valence-electron chi connectivity index (χ0n) is 12.0. The van der Waals surface area contributed by atoms with Crippen LogP contribution < -0.4 is 5.32 Å². The molecule has 6 heteroatoms. The zero-order chi connectivity index (χ0) is 16.2. The molecule has 1 aromatic heterocycles. The molecule has 1 N–H and O–H groups in total. The number of amides is 1. The van der Waals surface area contributed by atoms with Crippen LogP contribution in [0.25, 0.3) is 0 Å². The van der Waals surface area contributed by atoms with Gasteiger partial charge in [-0.1, -0.05) is 45.7 Å². The molecular formula is C17H13BrClN3O. The molecule has 4 nitrogen and oxygen atoms in total. The van der Waals surface area contributed by atoms with Crippen molar-refractivity contribution in [1.29, 1.82) is 0 Å². The molecule has 0 saturated carbocycles. The number of carbonyl (C=O) groups is 1. The zero-order valence-corrected chi connectivity index (χ0v) is 14.4. The van der Waals surface area contributed by atoms with Gasteiger partial charge in [-0.05, 0) is 35.9 Å². The highest BCUT2D eigenvalue weighted by Gasteiger charge is 2.10. The molecule has 1 heterocycles. The van der Waals surface area contributed by atoms with Gasteiger partial charge in [0.2, 0.25) is 0 Å². The van der Waals surface area contributed by atoms with E-state index in [0.29, 0.717) is 22.9 Å². The molecule has 0 aliphatic heterocycles. The van der Waals surface area contributed by atoms with Gasteiger partial charge in [0.05, 0.1) is 12.7 Å². The third-order valence-electron chi connectivity index (χ3n) is 3.29. The van der Waals surface area contributed by atoms with Crippen molar-refractivity contribution in [1.82, 2.24) is 9.78 Å². The molecule has 116 valence electrons. The lowest BCUT2D eigenvalue weighted by Crippen LogP contribution is -2.16. The van der Waals surface area contributed by atoms with Crippen molar-refractivity contribution in [2.45, 2.75) is 6.54 Å². The molecule has 0 spiro atoms. The van der Waals surface area contributed by atoms with Crippen molar-refractivity contribution in [2.75, 3.05) is 5.32 Å². The Labute approximate surface area is 147 Å². The van der Waals surface area contributed by atoms with E-state index in [1.54, 1.807) is 41.2 Å². The van der Waals surface area contributed by atoms with E-state index in [0.717, 1.165) is 10.0 Å². The number of halogens is 2. The summed E-state index contributed by atoms with van der Waals surface area (Å²) in [6.07, 6.45) is 1.66. The van der Waals surface area contributed by atoms with Crippen LogP contribution in [0.15, 0.2) is 65.3 Å². The van der Waals surface area contributed by atoms with Crippen LogP contribution >= 0.6 is 27.5 Å². The van der Waals surface area contributed by atoms with Crippen LogP contribution in [-0.2, 0) is 6.54 Å². The van der Waals surface area contributed by atoms with Crippen molar-refractivity contribution < 1.29 is 4.79 Å². The molecule has 0 aliphatic rings. The molecule has 23 heavy (non-hydrogen) atoms. The highest BCUT2D eigenvalue weighted by Crippen LogP contribution is 2.16. The second-order valence-electron chi connectivity index (χ2n) is 4.97. The number of benzene rings is 2. The van der Waals surface area contributed by atoms with Crippen molar-refractivity contribution in [3.63, 3.8) is 0 Å². The topological polar surface area (TPSA) is 46.9 Å². The van der Waals surface area contributed by atoms with Crippen molar-refractivity contribution in [3.05, 3.63) is 81.4 Å². The Hall–Kier alpha value is -2.11. The molecule has 2 aromatic carbocycles. The number of nitrogens with zero attached hydrogens (tertiary/aromatic N) is 2. The number of hydrogen-bond acceptors (Lipinski definition) is 2. The fourth-order valence-electron chi connectivity index (χ4n) is 2.15. The lowest BCUT2D eigenvalue weighted by atomic mass is 10.2. The minimum Gasteiger partial charge on any atom is -0.307 e. The summed E-state index contributed by atoms with van der Waals surface area (Å²) < 4.78 is 2.77. The first-order chi connectivity index (χ1) is 11.1. The van der Waals surface area contributed by atoms with E-state index in [-0.39, 0.29) is 5.91 Å². The molecule has 3 rings (SSSR count). The van der Waals surface area contributed by atoms with Crippen LogP contribution in [0.2, 0.25) is 5.02 Å². The molecule has 1 amide bonds.